The zero-order chi connectivity index (χ0) is 13.7. The summed E-state index contributed by atoms with van der Waals surface area (Å²) in [5.74, 6) is 0. The van der Waals surface area contributed by atoms with Crippen LogP contribution in [0, 0.1) is 0 Å². The van der Waals surface area contributed by atoms with E-state index in [1.54, 1.807) is 0 Å². The van der Waals surface area contributed by atoms with Gasteiger partial charge in [-0.1, -0.05) is 60.7 Å². The Morgan fingerprint density at radius 2 is 1.53 bits per heavy atom. The van der Waals surface area contributed by atoms with E-state index < -0.39 is 0 Å². The van der Waals surface area contributed by atoms with E-state index in [1.807, 2.05) is 0 Å². The van der Waals surface area contributed by atoms with Gasteiger partial charge in [0.05, 0.1) is 0 Å². The summed E-state index contributed by atoms with van der Waals surface area (Å²) in [6, 6.07) is 15.1. The highest BCUT2D eigenvalue weighted by molar-refractivity contribution is 5.88. The van der Waals surface area contributed by atoms with E-state index in [4.69, 9.17) is 0 Å². The van der Waals surface area contributed by atoms with Gasteiger partial charge in [-0.15, -0.1) is 0 Å². The molecular formula is C19H20. The molecule has 0 aliphatic carbocycles. The first-order chi connectivity index (χ1) is 9.26. The molecule has 19 heavy (non-hydrogen) atoms. The normalized spacial score (nSPS) is 13.4. The summed E-state index contributed by atoms with van der Waals surface area (Å²) in [6.07, 6.45) is 8.52. The molecule has 0 aliphatic heterocycles. The van der Waals surface area contributed by atoms with Gasteiger partial charge in [0.15, 0.2) is 0 Å². The highest BCUT2D eigenvalue weighted by Crippen LogP contribution is 2.25. The van der Waals surface area contributed by atoms with E-state index in [2.05, 4.69) is 87.5 Å². The van der Waals surface area contributed by atoms with Crippen LogP contribution in [0.2, 0.25) is 0 Å². The van der Waals surface area contributed by atoms with Gasteiger partial charge in [-0.05, 0) is 54.3 Å². The Morgan fingerprint density at radius 1 is 0.842 bits per heavy atom. The average molecular weight is 248 g/mol. The molecular weight excluding hydrogens is 228 g/mol. The highest BCUT2D eigenvalue weighted by Gasteiger charge is 2.02. The van der Waals surface area contributed by atoms with Crippen LogP contribution >= 0.6 is 0 Å². The van der Waals surface area contributed by atoms with E-state index in [1.165, 1.54) is 27.5 Å². The molecule has 0 heterocycles. The molecule has 0 heteroatoms. The van der Waals surface area contributed by atoms with Crippen LogP contribution in [0.25, 0.3) is 16.3 Å². The first kappa shape index (κ1) is 13.4. The number of fused-ring (bicyclic) bond motifs is 1. The number of benzene rings is 2. The van der Waals surface area contributed by atoms with Crippen LogP contribution in [-0.2, 0) is 0 Å². The molecule has 0 bridgehead atoms. The third kappa shape index (κ3) is 3.03. The van der Waals surface area contributed by atoms with Crippen molar-refractivity contribution in [3.8, 4) is 0 Å². The van der Waals surface area contributed by atoms with Crippen LogP contribution in [0.1, 0.15) is 26.3 Å². The van der Waals surface area contributed by atoms with Crippen molar-refractivity contribution in [1.29, 1.82) is 0 Å². The number of rotatable bonds is 3. The van der Waals surface area contributed by atoms with E-state index in [-0.39, 0.29) is 0 Å². The minimum absolute atomic E-state index is 1.27. The minimum Gasteiger partial charge on any atom is -0.0874 e. The molecule has 0 N–H and O–H groups in total. The van der Waals surface area contributed by atoms with Gasteiger partial charge >= 0.3 is 0 Å². The Hall–Kier alpha value is -2.08. The van der Waals surface area contributed by atoms with Gasteiger partial charge < -0.3 is 0 Å². The fraction of sp³-hybridized carbons (Fsp3) is 0.158. The van der Waals surface area contributed by atoms with Gasteiger partial charge in [0, 0.05) is 0 Å². The van der Waals surface area contributed by atoms with Crippen molar-refractivity contribution in [3.63, 3.8) is 0 Å². The molecule has 0 atom stereocenters. The largest absolute Gasteiger partial charge is 0.0874 e. The van der Waals surface area contributed by atoms with Crippen molar-refractivity contribution in [2.75, 3.05) is 0 Å². The Balaban J connectivity index is 2.60. The SMILES string of the molecule is CC=C/C(C)=C(\C=C/C)c1ccc2ccccc2c1. The van der Waals surface area contributed by atoms with Crippen molar-refractivity contribution in [1.82, 2.24) is 0 Å². The summed E-state index contributed by atoms with van der Waals surface area (Å²) < 4.78 is 0. The third-order valence-corrected chi connectivity index (χ3v) is 3.24. The molecule has 0 amide bonds. The standard InChI is InChI=1S/C19H20/c1-4-8-15(3)19(9-5-2)18-13-12-16-10-6-7-11-17(16)14-18/h4-14H,1-3H3/b8-4?,9-5-,19-15+. The number of allylic oxidation sites excluding steroid dienone is 6. The molecule has 0 saturated carbocycles. The molecule has 0 aliphatic rings. The van der Waals surface area contributed by atoms with Gasteiger partial charge in [0.25, 0.3) is 0 Å². The maximum Gasteiger partial charge on any atom is -0.0158 e. The maximum absolute atomic E-state index is 2.26. The predicted octanol–water partition coefficient (Wildman–Crippen LogP) is 5.77. The lowest BCUT2D eigenvalue weighted by Gasteiger charge is -2.08. The molecule has 0 unspecified atom stereocenters. The molecule has 96 valence electrons. The molecule has 0 fully saturated rings. The predicted molar refractivity (Wildman–Crippen MR) is 86.2 cm³/mol. The van der Waals surface area contributed by atoms with E-state index >= 15 is 0 Å². The molecule has 0 spiro atoms. The van der Waals surface area contributed by atoms with Gasteiger partial charge in [-0.3, -0.25) is 0 Å². The molecule has 2 aromatic carbocycles. The molecule has 0 radical (unpaired) electrons. The molecule has 0 nitrogen and oxygen atoms in total. The van der Waals surface area contributed by atoms with Crippen LogP contribution in [-0.4, -0.2) is 0 Å². The first-order valence-electron chi connectivity index (χ1n) is 6.71. The smallest absolute Gasteiger partial charge is 0.0158 e. The second kappa shape index (κ2) is 6.19. The number of hydrogen-bond donors (Lipinski definition) is 0. The van der Waals surface area contributed by atoms with E-state index in [0.29, 0.717) is 0 Å². The Bertz CT molecular complexity index is 655. The van der Waals surface area contributed by atoms with Crippen LogP contribution in [0.15, 0.2) is 72.3 Å². The van der Waals surface area contributed by atoms with Gasteiger partial charge in [0.2, 0.25) is 0 Å². The van der Waals surface area contributed by atoms with Crippen LogP contribution in [0.3, 0.4) is 0 Å². The van der Waals surface area contributed by atoms with Crippen molar-refractivity contribution in [2.24, 2.45) is 0 Å². The summed E-state index contributed by atoms with van der Waals surface area (Å²) in [4.78, 5) is 0. The molecule has 2 aromatic rings. The first-order valence-corrected chi connectivity index (χ1v) is 6.71. The summed E-state index contributed by atoms with van der Waals surface area (Å²) in [5.41, 5.74) is 3.84. The van der Waals surface area contributed by atoms with Crippen molar-refractivity contribution < 1.29 is 0 Å². The lowest BCUT2D eigenvalue weighted by Crippen LogP contribution is -1.85. The van der Waals surface area contributed by atoms with E-state index in [0.717, 1.165) is 0 Å². The van der Waals surface area contributed by atoms with Gasteiger partial charge in [-0.25, -0.2) is 0 Å². The van der Waals surface area contributed by atoms with Crippen molar-refractivity contribution in [3.05, 3.63) is 77.9 Å². The summed E-state index contributed by atoms with van der Waals surface area (Å²) in [6.45, 7) is 6.27. The lowest BCUT2D eigenvalue weighted by molar-refractivity contribution is 1.49. The molecule has 0 aromatic heterocycles. The van der Waals surface area contributed by atoms with Gasteiger partial charge in [-0.2, -0.15) is 0 Å². The monoisotopic (exact) mass is 248 g/mol. The number of hydrogen-bond acceptors (Lipinski definition) is 0. The summed E-state index contributed by atoms with van der Waals surface area (Å²) in [5, 5.41) is 2.57. The zero-order valence-electron chi connectivity index (χ0n) is 11.9. The second-order valence-corrected chi connectivity index (χ2v) is 4.66. The van der Waals surface area contributed by atoms with Gasteiger partial charge in [0.1, 0.15) is 0 Å². The van der Waals surface area contributed by atoms with E-state index in [9.17, 15) is 0 Å². The topological polar surface area (TPSA) is 0 Å². The molecule has 0 saturated heterocycles. The quantitative estimate of drug-likeness (QED) is 0.605. The lowest BCUT2D eigenvalue weighted by atomic mass is 9.97. The van der Waals surface area contributed by atoms with Crippen LogP contribution in [0.5, 0.6) is 0 Å². The summed E-state index contributed by atoms with van der Waals surface area (Å²) >= 11 is 0. The zero-order valence-corrected chi connectivity index (χ0v) is 11.9. The van der Waals surface area contributed by atoms with Crippen molar-refractivity contribution in [2.45, 2.75) is 20.8 Å². The van der Waals surface area contributed by atoms with Crippen LogP contribution in [0.4, 0.5) is 0 Å². The Kier molecular flexibility index (Phi) is 4.35. The highest BCUT2D eigenvalue weighted by atomic mass is 14.1. The maximum atomic E-state index is 2.26. The van der Waals surface area contributed by atoms with Crippen LogP contribution < -0.4 is 0 Å². The Morgan fingerprint density at radius 3 is 2.21 bits per heavy atom. The fourth-order valence-electron chi connectivity index (χ4n) is 2.32. The molecule has 2 rings (SSSR count). The fourth-order valence-corrected chi connectivity index (χ4v) is 2.32. The third-order valence-electron chi connectivity index (χ3n) is 3.24. The minimum atomic E-state index is 1.27. The average Bonchev–Trinajstić information content (AvgIpc) is 2.44. The summed E-state index contributed by atoms with van der Waals surface area (Å²) in [7, 11) is 0. The Labute approximate surface area is 115 Å². The second-order valence-electron chi connectivity index (χ2n) is 4.66. The van der Waals surface area contributed by atoms with Crippen molar-refractivity contribution >= 4 is 16.3 Å².